The van der Waals surface area contributed by atoms with Crippen LogP contribution in [0.4, 0.5) is 0 Å². The molecule has 3 aromatic rings. The lowest BCUT2D eigenvalue weighted by Gasteiger charge is -2.12. The van der Waals surface area contributed by atoms with Crippen LogP contribution in [0.5, 0.6) is 17.2 Å². The molecular formula is C25H17N2O5PS. The van der Waals surface area contributed by atoms with Crippen LogP contribution in [0.1, 0.15) is 5.56 Å². The summed E-state index contributed by atoms with van der Waals surface area (Å²) in [6.07, 6.45) is 0. The topological polar surface area (TPSA) is 90.1 Å². The fourth-order valence-electron chi connectivity index (χ4n) is 3.07. The first-order valence-electron chi connectivity index (χ1n) is 9.97. The standard InChI is InChI=1S/C25H17N2O5PS/c1-29-18-14-12-17(13-15-18)21(16-26)24-22(30-19-8-4-2-5-9-19)23(25(34-24)27-32-33-28)31-20-10-6-3-7-11-20/h2-15H,1H3. The molecule has 1 aliphatic rings. The van der Waals surface area contributed by atoms with E-state index in [0.717, 1.165) is 11.8 Å². The third-order valence-corrected chi connectivity index (χ3v) is 5.80. The van der Waals surface area contributed by atoms with E-state index >= 15 is 0 Å². The molecule has 0 aliphatic carbocycles. The number of hydrogen-bond acceptors (Lipinski definition) is 8. The predicted molar refractivity (Wildman–Crippen MR) is 130 cm³/mol. The molecule has 0 N–H and O–H groups in total. The molecule has 168 valence electrons. The first-order valence-corrected chi connectivity index (χ1v) is 11.5. The highest BCUT2D eigenvalue weighted by molar-refractivity contribution is 8.18. The molecule has 4 rings (SSSR count). The van der Waals surface area contributed by atoms with Crippen LogP contribution in [0.2, 0.25) is 0 Å². The molecular weight excluding hydrogens is 471 g/mol. The summed E-state index contributed by atoms with van der Waals surface area (Å²) in [4.78, 5) is 0.479. The normalized spacial score (nSPS) is 15.7. The Morgan fingerprint density at radius 2 is 1.44 bits per heavy atom. The largest absolute Gasteiger partial charge is 0.497 e. The number of para-hydroxylation sites is 2. The van der Waals surface area contributed by atoms with Gasteiger partial charge in [-0.1, -0.05) is 53.3 Å². The van der Waals surface area contributed by atoms with Gasteiger partial charge in [0.2, 0.25) is 5.76 Å². The highest BCUT2D eigenvalue weighted by atomic mass is 32.2. The quantitative estimate of drug-likeness (QED) is 0.201. The maximum Gasteiger partial charge on any atom is 0.419 e. The van der Waals surface area contributed by atoms with Crippen LogP contribution >= 0.6 is 20.4 Å². The molecule has 0 amide bonds. The van der Waals surface area contributed by atoms with E-state index < -0.39 is 8.69 Å². The Kier molecular flexibility index (Phi) is 7.61. The molecule has 3 aromatic carbocycles. The summed E-state index contributed by atoms with van der Waals surface area (Å²) in [5.41, 5.74) is 1.00. The van der Waals surface area contributed by atoms with Gasteiger partial charge in [0, 0.05) is 0 Å². The zero-order valence-electron chi connectivity index (χ0n) is 17.9. The number of nitrogens with zero attached hydrogens (tertiary/aromatic N) is 2. The maximum atomic E-state index is 10.9. The average molecular weight is 488 g/mol. The number of thioether (sulfide) groups is 1. The Hall–Kier alpha value is -4.05. The van der Waals surface area contributed by atoms with Gasteiger partial charge in [-0.25, -0.2) is 4.57 Å². The van der Waals surface area contributed by atoms with Gasteiger partial charge in [0.1, 0.15) is 23.3 Å². The summed E-state index contributed by atoms with van der Waals surface area (Å²) in [5.74, 6) is 2.27. The summed E-state index contributed by atoms with van der Waals surface area (Å²) in [7, 11) is 0.952. The number of benzene rings is 3. The Bertz CT molecular complexity index is 1300. The molecule has 9 heteroatoms. The number of methoxy groups -OCH3 is 1. The van der Waals surface area contributed by atoms with Crippen molar-refractivity contribution in [3.8, 4) is 23.3 Å². The van der Waals surface area contributed by atoms with E-state index in [2.05, 4.69) is 11.2 Å². The number of allylic oxidation sites excluding steroid dienone is 1. The molecule has 1 aliphatic heterocycles. The van der Waals surface area contributed by atoms with Crippen molar-refractivity contribution in [1.82, 2.24) is 0 Å². The van der Waals surface area contributed by atoms with Gasteiger partial charge >= 0.3 is 8.69 Å². The van der Waals surface area contributed by atoms with Crippen molar-refractivity contribution in [1.29, 1.82) is 5.26 Å². The molecule has 0 saturated heterocycles. The third-order valence-electron chi connectivity index (χ3n) is 4.61. The summed E-state index contributed by atoms with van der Waals surface area (Å²) in [5, 5.41) is 14.3. The molecule has 0 radical (unpaired) electrons. The van der Waals surface area contributed by atoms with Crippen LogP contribution in [0, 0.1) is 11.3 Å². The lowest BCUT2D eigenvalue weighted by molar-refractivity contribution is 0.357. The summed E-state index contributed by atoms with van der Waals surface area (Å²) < 4.78 is 33.3. The molecule has 1 heterocycles. The summed E-state index contributed by atoms with van der Waals surface area (Å²) >= 11 is 1.13. The smallest absolute Gasteiger partial charge is 0.419 e. The minimum Gasteiger partial charge on any atom is -0.497 e. The van der Waals surface area contributed by atoms with Crippen molar-refractivity contribution < 1.29 is 23.4 Å². The first-order chi connectivity index (χ1) is 16.7. The SMILES string of the molecule is COc1ccc(C(C#N)=C2SC(=NOP=O)C(Oc3ccccc3)=C2Oc2ccccc2)cc1. The molecule has 0 atom stereocenters. The van der Waals surface area contributed by atoms with Gasteiger partial charge in [-0.05, 0) is 54.1 Å². The Morgan fingerprint density at radius 1 is 0.853 bits per heavy atom. The van der Waals surface area contributed by atoms with Gasteiger partial charge in [-0.2, -0.15) is 5.26 Å². The van der Waals surface area contributed by atoms with Crippen molar-refractivity contribution in [3.63, 3.8) is 0 Å². The summed E-state index contributed by atoms with van der Waals surface area (Å²) in [6, 6.07) is 27.6. The predicted octanol–water partition coefficient (Wildman–Crippen LogP) is 6.58. The van der Waals surface area contributed by atoms with E-state index in [-0.39, 0.29) is 16.6 Å². The van der Waals surface area contributed by atoms with E-state index in [0.29, 0.717) is 33.3 Å². The molecule has 0 aromatic heterocycles. The van der Waals surface area contributed by atoms with Crippen molar-refractivity contribution in [2.24, 2.45) is 5.16 Å². The van der Waals surface area contributed by atoms with Crippen molar-refractivity contribution in [3.05, 3.63) is 107 Å². The highest BCUT2D eigenvalue weighted by Crippen LogP contribution is 2.44. The highest BCUT2D eigenvalue weighted by Gasteiger charge is 2.35. The van der Waals surface area contributed by atoms with Crippen LogP contribution in [0.15, 0.2) is 107 Å². The Morgan fingerprint density at radius 3 is 1.97 bits per heavy atom. The van der Waals surface area contributed by atoms with Crippen molar-refractivity contribution in [2.75, 3.05) is 7.11 Å². The lowest BCUT2D eigenvalue weighted by Crippen LogP contribution is -2.07. The monoisotopic (exact) mass is 488 g/mol. The van der Waals surface area contributed by atoms with Crippen LogP contribution in [-0.4, -0.2) is 12.2 Å². The first kappa shape index (κ1) is 23.1. The molecule has 0 fully saturated rings. The molecule has 0 spiro atoms. The van der Waals surface area contributed by atoms with Crippen LogP contribution in [0.3, 0.4) is 0 Å². The van der Waals surface area contributed by atoms with Gasteiger partial charge in [0.05, 0.1) is 17.6 Å². The maximum absolute atomic E-state index is 10.9. The van der Waals surface area contributed by atoms with Crippen LogP contribution in [0.25, 0.3) is 5.57 Å². The van der Waals surface area contributed by atoms with Crippen molar-refractivity contribution >= 4 is 31.1 Å². The third kappa shape index (κ3) is 5.29. The van der Waals surface area contributed by atoms with Gasteiger partial charge in [-0.15, -0.1) is 0 Å². The van der Waals surface area contributed by atoms with E-state index in [1.165, 1.54) is 0 Å². The van der Waals surface area contributed by atoms with E-state index in [1.807, 2.05) is 36.4 Å². The number of rotatable bonds is 8. The molecule has 0 saturated carbocycles. The fourth-order valence-corrected chi connectivity index (χ4v) is 4.23. The number of oxime groups is 1. The van der Waals surface area contributed by atoms with E-state index in [4.69, 9.17) is 18.8 Å². The fraction of sp³-hybridized carbons (Fsp3) is 0.0400. The Balaban J connectivity index is 1.90. The zero-order chi connectivity index (χ0) is 23.8. The zero-order valence-corrected chi connectivity index (χ0v) is 19.6. The van der Waals surface area contributed by atoms with Gasteiger partial charge in [-0.3, -0.25) is 4.62 Å². The van der Waals surface area contributed by atoms with E-state index in [1.54, 1.807) is 55.6 Å². The molecule has 34 heavy (non-hydrogen) atoms. The van der Waals surface area contributed by atoms with Gasteiger partial charge in [0.15, 0.2) is 10.8 Å². The average Bonchev–Trinajstić information content (AvgIpc) is 3.21. The van der Waals surface area contributed by atoms with Crippen LogP contribution in [-0.2, 0) is 9.19 Å². The Labute approximate surface area is 202 Å². The molecule has 0 unspecified atom stereocenters. The van der Waals surface area contributed by atoms with Crippen LogP contribution < -0.4 is 14.2 Å². The second-order valence-electron chi connectivity index (χ2n) is 6.69. The number of nitriles is 1. The van der Waals surface area contributed by atoms with Gasteiger partial charge in [0.25, 0.3) is 0 Å². The minimum atomic E-state index is -0.623. The minimum absolute atomic E-state index is 0.236. The second kappa shape index (κ2) is 11.2. The summed E-state index contributed by atoms with van der Waals surface area (Å²) in [6.45, 7) is 0. The van der Waals surface area contributed by atoms with Crippen molar-refractivity contribution in [2.45, 2.75) is 0 Å². The lowest BCUT2D eigenvalue weighted by atomic mass is 10.1. The second-order valence-corrected chi connectivity index (χ2v) is 8.00. The molecule has 7 nitrogen and oxygen atoms in total. The van der Waals surface area contributed by atoms with E-state index in [9.17, 15) is 9.83 Å². The van der Waals surface area contributed by atoms with Gasteiger partial charge < -0.3 is 14.2 Å². The number of ether oxygens (including phenoxy) is 3. The number of hydrogen-bond donors (Lipinski definition) is 0. The molecule has 0 bridgehead atoms.